The summed E-state index contributed by atoms with van der Waals surface area (Å²) in [6, 6.07) is 17.2. The highest BCUT2D eigenvalue weighted by Crippen LogP contribution is 2.27. The lowest BCUT2D eigenvalue weighted by Gasteiger charge is -2.37. The van der Waals surface area contributed by atoms with Crippen LogP contribution in [0.25, 0.3) is 11.0 Å². The van der Waals surface area contributed by atoms with Crippen molar-refractivity contribution in [3.63, 3.8) is 0 Å². The molecule has 1 N–H and O–H groups in total. The summed E-state index contributed by atoms with van der Waals surface area (Å²) < 4.78 is 15.7. The van der Waals surface area contributed by atoms with E-state index in [1.807, 2.05) is 30.3 Å². The lowest BCUT2D eigenvalue weighted by Crippen LogP contribution is -2.45. The summed E-state index contributed by atoms with van der Waals surface area (Å²) >= 11 is 0. The van der Waals surface area contributed by atoms with Crippen LogP contribution in [-0.2, 0) is 6.54 Å². The van der Waals surface area contributed by atoms with Gasteiger partial charge in [0.2, 0.25) is 11.9 Å². The van der Waals surface area contributed by atoms with Gasteiger partial charge in [0.05, 0.1) is 17.6 Å². The summed E-state index contributed by atoms with van der Waals surface area (Å²) in [6.07, 6.45) is 5.66. The monoisotopic (exact) mass is 459 g/mol. The van der Waals surface area contributed by atoms with Crippen molar-refractivity contribution < 1.29 is 4.39 Å². The van der Waals surface area contributed by atoms with E-state index in [1.54, 1.807) is 12.4 Å². The molecule has 0 unspecified atom stereocenters. The summed E-state index contributed by atoms with van der Waals surface area (Å²) in [6.45, 7) is 4.55. The molecule has 1 aliphatic heterocycles. The van der Waals surface area contributed by atoms with Gasteiger partial charge < -0.3 is 19.7 Å². The van der Waals surface area contributed by atoms with Crippen molar-refractivity contribution in [3.8, 4) is 0 Å². The molecule has 0 aliphatic carbocycles. The Morgan fingerprint density at radius 1 is 1.00 bits per heavy atom. The van der Waals surface area contributed by atoms with Crippen LogP contribution >= 0.6 is 0 Å². The summed E-state index contributed by atoms with van der Waals surface area (Å²) in [5, 5.41) is 3.29. The average Bonchev–Trinajstić information content (AvgIpc) is 3.24. The van der Waals surface area contributed by atoms with E-state index >= 15 is 0 Å². The zero-order valence-electron chi connectivity index (χ0n) is 19.4. The molecule has 1 saturated heterocycles. The molecule has 2 aromatic carbocycles. The van der Waals surface area contributed by atoms with E-state index in [4.69, 9.17) is 4.98 Å². The lowest BCUT2D eigenvalue weighted by molar-refractivity contribution is 0.217. The molecule has 4 aromatic rings. The highest BCUT2D eigenvalue weighted by atomic mass is 19.1. The Labute approximate surface area is 199 Å². The van der Waals surface area contributed by atoms with Gasteiger partial charge >= 0.3 is 0 Å². The zero-order valence-corrected chi connectivity index (χ0v) is 19.4. The maximum absolute atomic E-state index is 13.4. The third-order valence-corrected chi connectivity index (χ3v) is 6.59. The van der Waals surface area contributed by atoms with Gasteiger partial charge in [-0.2, -0.15) is 0 Å². The van der Waals surface area contributed by atoms with Crippen LogP contribution in [0.2, 0.25) is 0 Å². The number of nitrogens with zero attached hydrogens (tertiary/aromatic N) is 6. The second kappa shape index (κ2) is 10.2. The molecular formula is C26H30FN7. The van der Waals surface area contributed by atoms with Crippen molar-refractivity contribution in [2.24, 2.45) is 0 Å². The van der Waals surface area contributed by atoms with Crippen LogP contribution in [0, 0.1) is 5.82 Å². The van der Waals surface area contributed by atoms with Gasteiger partial charge in [0.25, 0.3) is 0 Å². The minimum atomic E-state index is -0.213. The van der Waals surface area contributed by atoms with Crippen molar-refractivity contribution >= 4 is 22.9 Å². The summed E-state index contributed by atoms with van der Waals surface area (Å²) in [5.74, 6) is 1.43. The third-order valence-electron chi connectivity index (χ3n) is 6.59. The van der Waals surface area contributed by atoms with Gasteiger partial charge in [-0.05, 0) is 48.7 Å². The van der Waals surface area contributed by atoms with Crippen LogP contribution in [0.5, 0.6) is 0 Å². The molecule has 0 radical (unpaired) electrons. The Bertz CT molecular complexity index is 1200. The minimum Gasteiger partial charge on any atom is -0.353 e. The SMILES string of the molecule is CN(c1nc2ccccc2n1Cc1ccc(F)cc1)C1CCN(CCNc2ncccn2)CC1. The number of anilines is 2. The predicted octanol–water partition coefficient (Wildman–Crippen LogP) is 4.03. The second-order valence-corrected chi connectivity index (χ2v) is 8.80. The molecule has 1 aliphatic rings. The normalized spacial score (nSPS) is 15.0. The first-order valence-electron chi connectivity index (χ1n) is 11.8. The van der Waals surface area contributed by atoms with Crippen LogP contribution in [-0.4, -0.2) is 63.7 Å². The van der Waals surface area contributed by atoms with Crippen molar-refractivity contribution in [2.75, 3.05) is 43.4 Å². The number of fused-ring (bicyclic) bond motifs is 1. The van der Waals surface area contributed by atoms with E-state index in [1.165, 1.54) is 12.1 Å². The second-order valence-electron chi connectivity index (χ2n) is 8.80. The number of nitrogens with one attached hydrogen (secondary N) is 1. The van der Waals surface area contributed by atoms with Gasteiger partial charge in [-0.3, -0.25) is 0 Å². The number of hydrogen-bond donors (Lipinski definition) is 1. The zero-order chi connectivity index (χ0) is 23.3. The maximum atomic E-state index is 13.4. The van der Waals surface area contributed by atoms with Crippen LogP contribution < -0.4 is 10.2 Å². The van der Waals surface area contributed by atoms with E-state index in [0.717, 1.165) is 61.6 Å². The van der Waals surface area contributed by atoms with E-state index in [9.17, 15) is 4.39 Å². The van der Waals surface area contributed by atoms with E-state index in [2.05, 4.69) is 48.8 Å². The fraction of sp³-hybridized carbons (Fsp3) is 0.346. The summed E-state index contributed by atoms with van der Waals surface area (Å²) in [5.41, 5.74) is 3.14. The average molecular weight is 460 g/mol. The Balaban J connectivity index is 1.24. The van der Waals surface area contributed by atoms with Crippen LogP contribution in [0.3, 0.4) is 0 Å². The number of halogens is 1. The molecule has 7 nitrogen and oxygen atoms in total. The van der Waals surface area contributed by atoms with Crippen LogP contribution in [0.1, 0.15) is 18.4 Å². The maximum Gasteiger partial charge on any atom is 0.222 e. The number of imidazole rings is 1. The Morgan fingerprint density at radius 3 is 2.50 bits per heavy atom. The number of para-hydroxylation sites is 2. The number of rotatable bonds is 8. The van der Waals surface area contributed by atoms with Gasteiger partial charge in [-0.25, -0.2) is 19.3 Å². The predicted molar refractivity (Wildman–Crippen MR) is 134 cm³/mol. The van der Waals surface area contributed by atoms with Crippen LogP contribution in [0.15, 0.2) is 67.0 Å². The fourth-order valence-electron chi connectivity index (χ4n) is 4.67. The lowest BCUT2D eigenvalue weighted by atomic mass is 10.0. The molecule has 8 heteroatoms. The fourth-order valence-corrected chi connectivity index (χ4v) is 4.67. The molecule has 0 amide bonds. The van der Waals surface area contributed by atoms with Gasteiger partial charge in [0.1, 0.15) is 5.82 Å². The van der Waals surface area contributed by atoms with Crippen molar-refractivity contribution in [1.29, 1.82) is 0 Å². The number of likely N-dealkylation sites (tertiary alicyclic amines) is 1. The Kier molecular flexibility index (Phi) is 6.67. The standard InChI is InChI=1S/C26H30FN7/c1-32(22-11-16-33(17-12-22)18-15-30-25-28-13-4-14-29-25)26-31-23-5-2-3-6-24(23)34(26)19-20-7-9-21(27)10-8-20/h2-10,13-14,22H,11-12,15-19H2,1H3,(H,28,29,30). The van der Waals surface area contributed by atoms with E-state index in [0.29, 0.717) is 18.5 Å². The number of piperidine rings is 1. The Morgan fingerprint density at radius 2 is 1.74 bits per heavy atom. The molecule has 5 rings (SSSR count). The quantitative estimate of drug-likeness (QED) is 0.429. The minimum absolute atomic E-state index is 0.213. The van der Waals surface area contributed by atoms with Gasteiger partial charge in [-0.15, -0.1) is 0 Å². The number of hydrogen-bond acceptors (Lipinski definition) is 6. The van der Waals surface area contributed by atoms with Crippen LogP contribution in [0.4, 0.5) is 16.3 Å². The molecule has 34 heavy (non-hydrogen) atoms. The van der Waals surface area contributed by atoms with Gasteiger partial charge in [0.15, 0.2) is 0 Å². The Hall–Kier alpha value is -3.52. The molecule has 0 atom stereocenters. The van der Waals surface area contributed by atoms with Crippen molar-refractivity contribution in [2.45, 2.75) is 25.4 Å². The van der Waals surface area contributed by atoms with Gasteiger partial charge in [-0.1, -0.05) is 24.3 Å². The summed E-state index contributed by atoms with van der Waals surface area (Å²) in [7, 11) is 2.15. The smallest absolute Gasteiger partial charge is 0.222 e. The first kappa shape index (κ1) is 22.3. The molecular weight excluding hydrogens is 429 g/mol. The largest absolute Gasteiger partial charge is 0.353 e. The third kappa shape index (κ3) is 5.02. The molecule has 176 valence electrons. The van der Waals surface area contributed by atoms with E-state index < -0.39 is 0 Å². The molecule has 0 saturated carbocycles. The van der Waals surface area contributed by atoms with Gasteiger partial charge in [0, 0.05) is 51.7 Å². The number of benzene rings is 2. The van der Waals surface area contributed by atoms with E-state index in [-0.39, 0.29) is 5.82 Å². The highest BCUT2D eigenvalue weighted by Gasteiger charge is 2.26. The first-order valence-corrected chi connectivity index (χ1v) is 11.8. The molecule has 0 spiro atoms. The molecule has 1 fully saturated rings. The van der Waals surface area contributed by atoms with Crippen molar-refractivity contribution in [1.82, 2.24) is 24.4 Å². The first-order chi connectivity index (χ1) is 16.7. The highest BCUT2D eigenvalue weighted by molar-refractivity contribution is 5.79. The topological polar surface area (TPSA) is 62.1 Å². The summed E-state index contributed by atoms with van der Waals surface area (Å²) in [4.78, 5) is 18.2. The number of aromatic nitrogens is 4. The molecule has 3 heterocycles. The molecule has 0 bridgehead atoms. The van der Waals surface area contributed by atoms with Crippen molar-refractivity contribution in [3.05, 3.63) is 78.4 Å². The molecule has 2 aromatic heterocycles.